The lowest BCUT2D eigenvalue weighted by Crippen LogP contribution is -2.46. The third kappa shape index (κ3) is 7.04. The molecule has 0 spiro atoms. The smallest absolute Gasteiger partial charge is 0.240 e. The molecule has 0 heterocycles. The van der Waals surface area contributed by atoms with Crippen LogP contribution in [0.15, 0.2) is 34.2 Å². The molecule has 0 bridgehead atoms. The maximum absolute atomic E-state index is 12.1. The summed E-state index contributed by atoms with van der Waals surface area (Å²) in [7, 11) is -0.296. The predicted octanol–water partition coefficient (Wildman–Crippen LogP) is 1.21. The topological polar surface area (TPSA) is 91.8 Å². The maximum Gasteiger partial charge on any atom is 0.240 e. The summed E-state index contributed by atoms with van der Waals surface area (Å²) in [5.41, 5.74) is -0.328. The number of halogens is 1. The molecular weight excluding hydrogens is 352 g/mol. The predicted molar refractivity (Wildman–Crippen MR) is 97.1 cm³/mol. The summed E-state index contributed by atoms with van der Waals surface area (Å²) in [4.78, 5) is 4.21. The monoisotopic (exact) mass is 376 g/mol. The minimum absolute atomic E-state index is 0.138. The number of hydrogen-bond donors (Lipinski definition) is 3. The van der Waals surface area contributed by atoms with Crippen molar-refractivity contribution in [2.75, 3.05) is 33.8 Å². The second kappa shape index (κ2) is 9.22. The van der Waals surface area contributed by atoms with E-state index in [1.165, 1.54) is 12.1 Å². The van der Waals surface area contributed by atoms with Crippen LogP contribution in [-0.2, 0) is 14.8 Å². The van der Waals surface area contributed by atoms with Crippen molar-refractivity contribution in [1.29, 1.82) is 0 Å². The van der Waals surface area contributed by atoms with Gasteiger partial charge in [0.2, 0.25) is 10.0 Å². The molecule has 0 aromatic heterocycles. The zero-order valence-electron chi connectivity index (χ0n) is 14.4. The minimum atomic E-state index is -3.58. The Balaban J connectivity index is 2.44. The van der Waals surface area contributed by atoms with E-state index in [1.807, 2.05) is 13.8 Å². The van der Waals surface area contributed by atoms with E-state index in [-0.39, 0.29) is 17.0 Å². The highest BCUT2D eigenvalue weighted by Gasteiger charge is 2.17. The van der Waals surface area contributed by atoms with Crippen LogP contribution in [-0.4, -0.2) is 53.8 Å². The molecule has 0 unspecified atom stereocenters. The number of ether oxygens (including phenoxy) is 1. The summed E-state index contributed by atoms with van der Waals surface area (Å²) < 4.78 is 32.1. The van der Waals surface area contributed by atoms with Gasteiger partial charge in [-0.15, -0.1) is 0 Å². The van der Waals surface area contributed by atoms with Gasteiger partial charge >= 0.3 is 0 Å². The highest BCUT2D eigenvalue weighted by Crippen LogP contribution is 2.14. The van der Waals surface area contributed by atoms with Gasteiger partial charge in [-0.3, -0.25) is 4.99 Å². The molecule has 24 heavy (non-hydrogen) atoms. The van der Waals surface area contributed by atoms with Crippen molar-refractivity contribution in [2.24, 2.45) is 4.99 Å². The van der Waals surface area contributed by atoms with E-state index in [0.717, 1.165) is 0 Å². The standard InChI is InChI=1S/C15H25ClN4O3S/c1-15(2,23-4)11-19-14(17-3)18-8-9-20-24(21,22)13-7-5-6-12(16)10-13/h5-7,10,20H,8-9,11H2,1-4H3,(H2,17,18,19). The van der Waals surface area contributed by atoms with Gasteiger partial charge in [0, 0.05) is 38.8 Å². The number of guanidine groups is 1. The van der Waals surface area contributed by atoms with E-state index in [2.05, 4.69) is 20.3 Å². The van der Waals surface area contributed by atoms with E-state index in [0.29, 0.717) is 24.1 Å². The summed E-state index contributed by atoms with van der Waals surface area (Å²) >= 11 is 5.82. The van der Waals surface area contributed by atoms with Gasteiger partial charge in [0.15, 0.2) is 5.96 Å². The molecule has 0 aliphatic heterocycles. The number of nitrogens with one attached hydrogen (secondary N) is 3. The Hall–Kier alpha value is -1.35. The van der Waals surface area contributed by atoms with Gasteiger partial charge in [-0.05, 0) is 32.0 Å². The molecular formula is C15H25ClN4O3S. The molecule has 136 valence electrons. The molecule has 9 heteroatoms. The van der Waals surface area contributed by atoms with Crippen LogP contribution in [0.25, 0.3) is 0 Å². The van der Waals surface area contributed by atoms with Crippen molar-refractivity contribution < 1.29 is 13.2 Å². The normalized spacial score (nSPS) is 13.0. The number of sulfonamides is 1. The van der Waals surface area contributed by atoms with Gasteiger partial charge in [0.1, 0.15) is 0 Å². The highest BCUT2D eigenvalue weighted by atomic mass is 35.5. The molecule has 7 nitrogen and oxygen atoms in total. The van der Waals surface area contributed by atoms with Gasteiger partial charge in [0.25, 0.3) is 0 Å². The molecule has 3 N–H and O–H groups in total. The SMILES string of the molecule is CN=C(NCCNS(=O)(=O)c1cccc(Cl)c1)NCC(C)(C)OC. The zero-order valence-corrected chi connectivity index (χ0v) is 16.0. The molecule has 0 aliphatic carbocycles. The largest absolute Gasteiger partial charge is 0.377 e. The Morgan fingerprint density at radius 3 is 2.58 bits per heavy atom. The Bertz CT molecular complexity index is 662. The van der Waals surface area contributed by atoms with Crippen molar-refractivity contribution in [3.05, 3.63) is 29.3 Å². The number of rotatable bonds is 8. The number of hydrogen-bond acceptors (Lipinski definition) is 4. The molecule has 0 saturated heterocycles. The highest BCUT2D eigenvalue weighted by molar-refractivity contribution is 7.89. The van der Waals surface area contributed by atoms with Gasteiger partial charge < -0.3 is 15.4 Å². The summed E-state index contributed by atoms with van der Waals surface area (Å²) in [5, 5.41) is 6.52. The lowest BCUT2D eigenvalue weighted by molar-refractivity contribution is 0.0268. The van der Waals surface area contributed by atoms with Gasteiger partial charge in [-0.1, -0.05) is 17.7 Å². The average molecular weight is 377 g/mol. The third-order valence-corrected chi connectivity index (χ3v) is 4.97. The van der Waals surface area contributed by atoms with Gasteiger partial charge in [-0.2, -0.15) is 0 Å². The van der Waals surface area contributed by atoms with Crippen LogP contribution in [0.1, 0.15) is 13.8 Å². The first-order valence-electron chi connectivity index (χ1n) is 7.45. The Labute approximate surface area is 148 Å². The molecule has 0 atom stereocenters. The van der Waals surface area contributed by atoms with E-state index < -0.39 is 10.0 Å². The van der Waals surface area contributed by atoms with Crippen LogP contribution in [0.3, 0.4) is 0 Å². The molecule has 1 aromatic carbocycles. The molecule has 0 radical (unpaired) electrons. The van der Waals surface area contributed by atoms with Gasteiger partial charge in [0.05, 0.1) is 10.5 Å². The van der Waals surface area contributed by atoms with Crippen LogP contribution in [0.5, 0.6) is 0 Å². The van der Waals surface area contributed by atoms with Crippen LogP contribution in [0, 0.1) is 0 Å². The first-order valence-corrected chi connectivity index (χ1v) is 9.31. The number of nitrogens with zero attached hydrogens (tertiary/aromatic N) is 1. The summed E-state index contributed by atoms with van der Waals surface area (Å²) in [6.45, 7) is 5.06. The van der Waals surface area contributed by atoms with Crippen molar-refractivity contribution >= 4 is 27.6 Å². The molecule has 1 rings (SSSR count). The van der Waals surface area contributed by atoms with E-state index >= 15 is 0 Å². The zero-order chi connectivity index (χ0) is 18.2. The molecule has 0 amide bonds. The summed E-state index contributed by atoms with van der Waals surface area (Å²) in [6, 6.07) is 6.12. The quantitative estimate of drug-likeness (QED) is 0.360. The second-order valence-corrected chi connectivity index (χ2v) is 7.87. The maximum atomic E-state index is 12.1. The third-order valence-electron chi connectivity index (χ3n) is 3.27. The second-order valence-electron chi connectivity index (χ2n) is 5.67. The van der Waals surface area contributed by atoms with E-state index in [9.17, 15) is 8.42 Å². The fourth-order valence-corrected chi connectivity index (χ4v) is 3.01. The number of aliphatic imine (C=N–C) groups is 1. The molecule has 1 aromatic rings. The number of benzene rings is 1. The van der Waals surface area contributed by atoms with E-state index in [1.54, 1.807) is 26.3 Å². The molecule has 0 aliphatic rings. The Morgan fingerprint density at radius 1 is 1.29 bits per heavy atom. The minimum Gasteiger partial charge on any atom is -0.377 e. The summed E-state index contributed by atoms with van der Waals surface area (Å²) in [5.74, 6) is 0.571. The van der Waals surface area contributed by atoms with Crippen molar-refractivity contribution in [1.82, 2.24) is 15.4 Å². The lowest BCUT2D eigenvalue weighted by atomic mass is 10.1. The fraction of sp³-hybridized carbons (Fsp3) is 0.533. The Morgan fingerprint density at radius 2 is 2.00 bits per heavy atom. The van der Waals surface area contributed by atoms with E-state index in [4.69, 9.17) is 16.3 Å². The Kier molecular flexibility index (Phi) is 7.95. The van der Waals surface area contributed by atoms with Crippen LogP contribution in [0.2, 0.25) is 5.02 Å². The first-order chi connectivity index (χ1) is 11.2. The molecule has 0 saturated carbocycles. The van der Waals surface area contributed by atoms with Crippen molar-refractivity contribution in [3.63, 3.8) is 0 Å². The van der Waals surface area contributed by atoms with Crippen LogP contribution < -0.4 is 15.4 Å². The van der Waals surface area contributed by atoms with Crippen molar-refractivity contribution in [2.45, 2.75) is 24.3 Å². The van der Waals surface area contributed by atoms with Crippen LogP contribution >= 0.6 is 11.6 Å². The first kappa shape index (κ1) is 20.7. The van der Waals surface area contributed by atoms with Crippen LogP contribution in [0.4, 0.5) is 0 Å². The lowest BCUT2D eigenvalue weighted by Gasteiger charge is -2.24. The molecule has 0 fully saturated rings. The number of methoxy groups -OCH3 is 1. The average Bonchev–Trinajstić information content (AvgIpc) is 2.54. The summed E-state index contributed by atoms with van der Waals surface area (Å²) in [6.07, 6.45) is 0. The van der Waals surface area contributed by atoms with Crippen molar-refractivity contribution in [3.8, 4) is 0 Å². The van der Waals surface area contributed by atoms with Gasteiger partial charge in [-0.25, -0.2) is 13.1 Å². The fourth-order valence-electron chi connectivity index (χ4n) is 1.67.